The Labute approximate surface area is 90.3 Å². The van der Waals surface area contributed by atoms with Crippen LogP contribution in [-0.2, 0) is 0 Å². The molecule has 5 nitrogen and oxygen atoms in total. The number of hydrogen-bond acceptors (Lipinski definition) is 5. The maximum Gasteiger partial charge on any atom is 0.241 e. The normalized spacial score (nSPS) is 10.1. The molecule has 0 spiro atoms. The molecule has 76 valence electrons. The van der Waals surface area contributed by atoms with E-state index in [1.165, 1.54) is 18.3 Å². The van der Waals surface area contributed by atoms with Crippen LogP contribution >= 0.6 is 23.7 Å². The highest BCUT2D eigenvalue weighted by Crippen LogP contribution is 2.21. The minimum Gasteiger partial charge on any atom is -0.366 e. The molecular weight excluding hydrogens is 224 g/mol. The molecule has 14 heavy (non-hydrogen) atoms. The van der Waals surface area contributed by atoms with Gasteiger partial charge in [0.05, 0.1) is 10.6 Å². The summed E-state index contributed by atoms with van der Waals surface area (Å²) in [5.41, 5.74) is 6.21. The molecule has 7 heteroatoms. The van der Waals surface area contributed by atoms with Crippen molar-refractivity contribution in [1.29, 1.82) is 0 Å². The SMILES string of the molecule is CC(=O)c1sc2nc(N)nn2c1C.Cl. The van der Waals surface area contributed by atoms with Crippen molar-refractivity contribution < 1.29 is 4.79 Å². The number of rotatable bonds is 1. The lowest BCUT2D eigenvalue weighted by atomic mass is 10.3. The number of aromatic nitrogens is 3. The Morgan fingerprint density at radius 2 is 2.21 bits per heavy atom. The Kier molecular flexibility index (Phi) is 2.77. The van der Waals surface area contributed by atoms with Crippen LogP contribution in [-0.4, -0.2) is 20.4 Å². The first-order valence-electron chi connectivity index (χ1n) is 3.72. The van der Waals surface area contributed by atoms with Crippen molar-refractivity contribution in [2.24, 2.45) is 0 Å². The third-order valence-corrected chi connectivity index (χ3v) is 2.99. The quantitative estimate of drug-likeness (QED) is 0.753. The van der Waals surface area contributed by atoms with Crippen LogP contribution in [0.3, 0.4) is 0 Å². The van der Waals surface area contributed by atoms with E-state index in [4.69, 9.17) is 5.73 Å². The molecule has 2 aromatic heterocycles. The van der Waals surface area contributed by atoms with Crippen molar-refractivity contribution >= 4 is 40.4 Å². The van der Waals surface area contributed by atoms with Gasteiger partial charge in [0, 0.05) is 6.92 Å². The molecule has 2 N–H and O–H groups in total. The van der Waals surface area contributed by atoms with Gasteiger partial charge in [0.25, 0.3) is 0 Å². The summed E-state index contributed by atoms with van der Waals surface area (Å²) in [5.74, 6) is 0.276. The summed E-state index contributed by atoms with van der Waals surface area (Å²) in [5, 5.41) is 3.96. The van der Waals surface area contributed by atoms with Crippen molar-refractivity contribution in [3.8, 4) is 0 Å². The highest BCUT2D eigenvalue weighted by atomic mass is 35.5. The predicted octanol–water partition coefficient (Wildman–Crippen LogP) is 1.31. The van der Waals surface area contributed by atoms with E-state index < -0.39 is 0 Å². The summed E-state index contributed by atoms with van der Waals surface area (Å²) in [6.45, 7) is 3.36. The molecule has 0 aliphatic rings. The maximum absolute atomic E-state index is 11.1. The van der Waals surface area contributed by atoms with Crippen molar-refractivity contribution in [3.63, 3.8) is 0 Å². The number of Topliss-reactive ketones (excluding diaryl/α,β-unsaturated/α-hetero) is 1. The van der Waals surface area contributed by atoms with Gasteiger partial charge in [-0.25, -0.2) is 4.52 Å². The Hall–Kier alpha value is -1.14. The number of nitrogen functional groups attached to an aromatic ring is 1. The van der Waals surface area contributed by atoms with E-state index in [2.05, 4.69) is 10.1 Å². The standard InChI is InChI=1S/C7H8N4OS.ClH/c1-3-5(4(2)12)13-7-9-6(8)10-11(3)7;/h1-2H3,(H2,8,10);1H. The first-order valence-corrected chi connectivity index (χ1v) is 4.54. The highest BCUT2D eigenvalue weighted by Gasteiger charge is 2.14. The summed E-state index contributed by atoms with van der Waals surface area (Å²) in [6, 6.07) is 0. The molecule has 2 rings (SSSR count). The Morgan fingerprint density at radius 3 is 2.71 bits per heavy atom. The van der Waals surface area contributed by atoms with Gasteiger partial charge in [0.1, 0.15) is 0 Å². The van der Waals surface area contributed by atoms with Crippen LogP contribution in [0.5, 0.6) is 0 Å². The number of anilines is 1. The summed E-state index contributed by atoms with van der Waals surface area (Å²) in [4.78, 5) is 16.5. The topological polar surface area (TPSA) is 73.3 Å². The summed E-state index contributed by atoms with van der Waals surface area (Å²) >= 11 is 1.31. The van der Waals surface area contributed by atoms with Gasteiger partial charge in [-0.2, -0.15) is 4.98 Å². The number of ketones is 1. The van der Waals surface area contributed by atoms with Gasteiger partial charge in [-0.3, -0.25) is 4.79 Å². The Bertz CT molecular complexity index is 489. The fourth-order valence-corrected chi connectivity index (χ4v) is 2.15. The zero-order valence-electron chi connectivity index (χ0n) is 7.64. The summed E-state index contributed by atoms with van der Waals surface area (Å²) in [6.07, 6.45) is 0. The fourth-order valence-electron chi connectivity index (χ4n) is 1.19. The van der Waals surface area contributed by atoms with Gasteiger partial charge < -0.3 is 5.73 Å². The van der Waals surface area contributed by atoms with Crippen molar-refractivity contribution in [2.75, 3.05) is 5.73 Å². The van der Waals surface area contributed by atoms with Crippen molar-refractivity contribution in [3.05, 3.63) is 10.6 Å². The molecule has 0 unspecified atom stereocenters. The van der Waals surface area contributed by atoms with Crippen molar-refractivity contribution in [1.82, 2.24) is 14.6 Å². The van der Waals surface area contributed by atoms with Crippen molar-refractivity contribution in [2.45, 2.75) is 13.8 Å². The fraction of sp³-hybridized carbons (Fsp3) is 0.286. The number of hydrogen-bond donors (Lipinski definition) is 1. The molecule has 0 saturated carbocycles. The Morgan fingerprint density at radius 1 is 1.57 bits per heavy atom. The van der Waals surface area contributed by atoms with E-state index in [1.807, 2.05) is 6.92 Å². The van der Waals surface area contributed by atoms with Gasteiger partial charge in [-0.05, 0) is 6.92 Å². The van der Waals surface area contributed by atoms with Crippen LogP contribution in [0, 0.1) is 6.92 Å². The average Bonchev–Trinajstić information content (AvgIpc) is 2.51. The monoisotopic (exact) mass is 232 g/mol. The molecule has 0 aliphatic heterocycles. The third kappa shape index (κ3) is 1.46. The van der Waals surface area contributed by atoms with E-state index in [0.717, 1.165) is 5.69 Å². The average molecular weight is 233 g/mol. The minimum atomic E-state index is 0. The molecule has 2 aromatic rings. The zero-order valence-corrected chi connectivity index (χ0v) is 9.28. The van der Waals surface area contributed by atoms with Gasteiger partial charge in [0.15, 0.2) is 5.78 Å². The van der Waals surface area contributed by atoms with Gasteiger partial charge in [-0.15, -0.1) is 17.5 Å². The van der Waals surface area contributed by atoms with Gasteiger partial charge in [-0.1, -0.05) is 11.3 Å². The number of carbonyl (C=O) groups is 1. The lowest BCUT2D eigenvalue weighted by Gasteiger charge is -1.90. The van der Waals surface area contributed by atoms with E-state index in [1.54, 1.807) is 4.52 Å². The van der Waals surface area contributed by atoms with E-state index in [0.29, 0.717) is 9.84 Å². The van der Waals surface area contributed by atoms with Gasteiger partial charge in [0.2, 0.25) is 10.9 Å². The number of thiazole rings is 1. The largest absolute Gasteiger partial charge is 0.366 e. The smallest absolute Gasteiger partial charge is 0.241 e. The number of halogens is 1. The predicted molar refractivity (Wildman–Crippen MR) is 57.3 cm³/mol. The number of carbonyl (C=O) groups excluding carboxylic acids is 1. The first kappa shape index (κ1) is 10.9. The molecule has 0 bridgehead atoms. The summed E-state index contributed by atoms with van der Waals surface area (Å²) < 4.78 is 1.59. The molecule has 0 aliphatic carbocycles. The molecule has 0 atom stereocenters. The second-order valence-electron chi connectivity index (χ2n) is 2.74. The number of fused-ring (bicyclic) bond motifs is 1. The van der Waals surface area contributed by atoms with E-state index in [9.17, 15) is 4.79 Å². The van der Waals surface area contributed by atoms with Crippen LogP contribution in [0.15, 0.2) is 0 Å². The zero-order chi connectivity index (χ0) is 9.59. The van der Waals surface area contributed by atoms with Crippen LogP contribution in [0.2, 0.25) is 0 Å². The lowest BCUT2D eigenvalue weighted by molar-refractivity contribution is 0.102. The lowest BCUT2D eigenvalue weighted by Crippen LogP contribution is -1.96. The Balaban J connectivity index is 0.000000980. The molecule has 0 fully saturated rings. The van der Waals surface area contributed by atoms with Crippen LogP contribution in [0.1, 0.15) is 22.3 Å². The second-order valence-corrected chi connectivity index (χ2v) is 3.71. The molecular formula is C7H9ClN4OS. The van der Waals surface area contributed by atoms with Gasteiger partial charge >= 0.3 is 0 Å². The number of nitrogens with zero attached hydrogens (tertiary/aromatic N) is 3. The second kappa shape index (κ2) is 3.55. The van der Waals surface area contributed by atoms with Crippen LogP contribution < -0.4 is 5.73 Å². The third-order valence-electron chi connectivity index (χ3n) is 1.75. The molecule has 0 aromatic carbocycles. The first-order chi connectivity index (χ1) is 6.09. The number of nitrogens with two attached hydrogens (primary N) is 1. The van der Waals surface area contributed by atoms with Crippen LogP contribution in [0.25, 0.3) is 4.96 Å². The minimum absolute atomic E-state index is 0. The summed E-state index contributed by atoms with van der Waals surface area (Å²) in [7, 11) is 0. The molecule has 0 radical (unpaired) electrons. The highest BCUT2D eigenvalue weighted by molar-refractivity contribution is 7.19. The van der Waals surface area contributed by atoms with Crippen LogP contribution in [0.4, 0.5) is 5.95 Å². The molecule has 0 saturated heterocycles. The molecule has 0 amide bonds. The molecule has 2 heterocycles. The van der Waals surface area contributed by atoms with E-state index >= 15 is 0 Å². The van der Waals surface area contributed by atoms with E-state index in [-0.39, 0.29) is 24.1 Å². The maximum atomic E-state index is 11.1. The number of aryl methyl sites for hydroxylation is 1.